The third kappa shape index (κ3) is 5.20. The Morgan fingerprint density at radius 1 is 1.46 bits per heavy atom. The number of nitriles is 1. The van der Waals surface area contributed by atoms with E-state index >= 15 is 0 Å². The maximum absolute atomic E-state index is 12.3. The van der Waals surface area contributed by atoms with Crippen LogP contribution in [0.2, 0.25) is 0 Å². The third-order valence-electron chi connectivity index (χ3n) is 3.52. The number of nitrogens with zero attached hydrogens (tertiary/aromatic N) is 2. The third-order valence-corrected chi connectivity index (χ3v) is 4.99. The molecule has 2 rings (SSSR count). The molecule has 0 aliphatic heterocycles. The molecule has 0 aliphatic rings. The van der Waals surface area contributed by atoms with Crippen molar-refractivity contribution in [3.63, 3.8) is 0 Å². The van der Waals surface area contributed by atoms with Crippen molar-refractivity contribution >= 4 is 28.8 Å². The van der Waals surface area contributed by atoms with Gasteiger partial charge in [0.05, 0.1) is 17.9 Å². The van der Waals surface area contributed by atoms with Crippen molar-refractivity contribution in [1.82, 2.24) is 10.3 Å². The van der Waals surface area contributed by atoms with E-state index in [2.05, 4.69) is 30.2 Å². The summed E-state index contributed by atoms with van der Waals surface area (Å²) in [6.07, 6.45) is 0.724. The molecule has 0 spiro atoms. The molecule has 0 bridgehead atoms. The first kappa shape index (κ1) is 20.2. The summed E-state index contributed by atoms with van der Waals surface area (Å²) in [5, 5.41) is 12.9. The van der Waals surface area contributed by atoms with Gasteiger partial charge in [-0.25, -0.2) is 4.98 Å². The van der Waals surface area contributed by atoms with Crippen molar-refractivity contribution in [3.8, 4) is 22.4 Å². The Bertz CT molecular complexity index is 812. The van der Waals surface area contributed by atoms with E-state index in [0.29, 0.717) is 51.8 Å². The molecule has 2 aromatic rings. The number of aryl methyl sites for hydroxylation is 1. The first-order valence-corrected chi connectivity index (χ1v) is 9.80. The molecular formula is C19H22ClN3O2S. The fourth-order valence-electron chi connectivity index (χ4n) is 2.21. The number of carbonyl (C=O) groups is 1. The molecule has 1 aromatic heterocycles. The van der Waals surface area contributed by atoms with Crippen LogP contribution in [0.3, 0.4) is 0 Å². The summed E-state index contributed by atoms with van der Waals surface area (Å²) >= 11 is 6.95. The van der Waals surface area contributed by atoms with E-state index in [-0.39, 0.29) is 5.91 Å². The molecule has 26 heavy (non-hydrogen) atoms. The van der Waals surface area contributed by atoms with Crippen LogP contribution in [0.4, 0.5) is 0 Å². The Labute approximate surface area is 163 Å². The lowest BCUT2D eigenvalue weighted by Gasteiger charge is -2.10. The number of halogens is 1. The van der Waals surface area contributed by atoms with Gasteiger partial charge in [-0.2, -0.15) is 5.26 Å². The molecule has 0 fully saturated rings. The van der Waals surface area contributed by atoms with Crippen molar-refractivity contribution in [2.75, 3.05) is 19.0 Å². The summed E-state index contributed by atoms with van der Waals surface area (Å²) in [7, 11) is 0. The van der Waals surface area contributed by atoms with Crippen molar-refractivity contribution in [2.45, 2.75) is 27.2 Å². The van der Waals surface area contributed by atoms with Crippen LogP contribution in [0.25, 0.3) is 10.6 Å². The van der Waals surface area contributed by atoms with Gasteiger partial charge >= 0.3 is 0 Å². The van der Waals surface area contributed by atoms with Crippen molar-refractivity contribution in [2.24, 2.45) is 5.92 Å². The molecule has 0 aliphatic carbocycles. The zero-order valence-corrected chi connectivity index (χ0v) is 16.7. The summed E-state index contributed by atoms with van der Waals surface area (Å²) in [4.78, 5) is 17.3. The SMILES string of the molecule is Cc1nc(-c2ccc(OCC(C)C)c(C#N)c2)sc1C(=O)NCCCCl. The van der Waals surface area contributed by atoms with E-state index in [4.69, 9.17) is 16.3 Å². The number of thiazole rings is 1. The fourth-order valence-corrected chi connectivity index (χ4v) is 3.32. The van der Waals surface area contributed by atoms with Crippen LogP contribution >= 0.6 is 22.9 Å². The molecule has 5 nitrogen and oxygen atoms in total. The highest BCUT2D eigenvalue weighted by atomic mass is 35.5. The normalized spacial score (nSPS) is 10.6. The second kappa shape index (κ2) is 9.56. The number of amides is 1. The number of nitrogens with one attached hydrogen (secondary N) is 1. The van der Waals surface area contributed by atoms with Crippen LogP contribution in [0.1, 0.15) is 41.2 Å². The predicted octanol–water partition coefficient (Wildman–Crippen LogP) is 4.38. The van der Waals surface area contributed by atoms with Crippen molar-refractivity contribution in [1.29, 1.82) is 5.26 Å². The molecule has 1 heterocycles. The van der Waals surface area contributed by atoms with Gasteiger partial charge in [-0.1, -0.05) is 13.8 Å². The van der Waals surface area contributed by atoms with Gasteiger partial charge < -0.3 is 10.1 Å². The minimum Gasteiger partial charge on any atom is -0.492 e. The Morgan fingerprint density at radius 3 is 2.88 bits per heavy atom. The second-order valence-electron chi connectivity index (χ2n) is 6.26. The van der Waals surface area contributed by atoms with Crippen LogP contribution < -0.4 is 10.1 Å². The summed E-state index contributed by atoms with van der Waals surface area (Å²) < 4.78 is 5.69. The smallest absolute Gasteiger partial charge is 0.263 e. The highest BCUT2D eigenvalue weighted by molar-refractivity contribution is 7.17. The predicted molar refractivity (Wildman–Crippen MR) is 105 cm³/mol. The Balaban J connectivity index is 2.22. The highest BCUT2D eigenvalue weighted by Gasteiger charge is 2.17. The van der Waals surface area contributed by atoms with E-state index in [9.17, 15) is 10.1 Å². The lowest BCUT2D eigenvalue weighted by Crippen LogP contribution is -2.24. The minimum atomic E-state index is -0.145. The molecule has 1 amide bonds. The largest absolute Gasteiger partial charge is 0.492 e. The average molecular weight is 392 g/mol. The van der Waals surface area contributed by atoms with Gasteiger partial charge in [0.2, 0.25) is 0 Å². The van der Waals surface area contributed by atoms with Crippen LogP contribution in [0.5, 0.6) is 5.75 Å². The summed E-state index contributed by atoms with van der Waals surface area (Å²) in [5.74, 6) is 1.31. The first-order valence-electron chi connectivity index (χ1n) is 8.45. The van der Waals surface area contributed by atoms with E-state index in [0.717, 1.165) is 12.0 Å². The first-order chi connectivity index (χ1) is 12.5. The van der Waals surface area contributed by atoms with Crippen LogP contribution in [0, 0.1) is 24.2 Å². The zero-order chi connectivity index (χ0) is 19.1. The number of aromatic nitrogens is 1. The molecule has 0 saturated heterocycles. The van der Waals surface area contributed by atoms with Crippen molar-refractivity contribution in [3.05, 3.63) is 34.3 Å². The summed E-state index contributed by atoms with van der Waals surface area (Å²) in [6.45, 7) is 7.01. The van der Waals surface area contributed by atoms with Gasteiger partial charge in [-0.05, 0) is 37.5 Å². The molecule has 1 aromatic carbocycles. The monoisotopic (exact) mass is 391 g/mol. The van der Waals surface area contributed by atoms with Gasteiger partial charge in [-0.3, -0.25) is 4.79 Å². The number of hydrogen-bond acceptors (Lipinski definition) is 5. The van der Waals surface area contributed by atoms with Gasteiger partial charge in [0.15, 0.2) is 0 Å². The number of ether oxygens (including phenoxy) is 1. The van der Waals surface area contributed by atoms with Crippen LogP contribution in [-0.4, -0.2) is 29.9 Å². The standard InChI is InChI=1S/C19H22ClN3O2S/c1-12(2)11-25-16-6-5-14(9-15(16)10-21)19-23-13(3)17(26-19)18(24)22-8-4-7-20/h5-6,9,12H,4,7-8,11H2,1-3H3,(H,22,24). The topological polar surface area (TPSA) is 75.0 Å². The maximum atomic E-state index is 12.3. The Hall–Kier alpha value is -2.10. The van der Waals surface area contributed by atoms with E-state index in [1.165, 1.54) is 11.3 Å². The van der Waals surface area contributed by atoms with E-state index in [1.807, 2.05) is 13.0 Å². The maximum Gasteiger partial charge on any atom is 0.263 e. The number of alkyl halides is 1. The van der Waals surface area contributed by atoms with Crippen molar-refractivity contribution < 1.29 is 9.53 Å². The van der Waals surface area contributed by atoms with Gasteiger partial charge in [-0.15, -0.1) is 22.9 Å². The average Bonchev–Trinajstić information content (AvgIpc) is 3.01. The lowest BCUT2D eigenvalue weighted by atomic mass is 10.1. The molecule has 0 saturated carbocycles. The second-order valence-corrected chi connectivity index (χ2v) is 7.64. The van der Waals surface area contributed by atoms with Crippen LogP contribution in [0.15, 0.2) is 18.2 Å². The highest BCUT2D eigenvalue weighted by Crippen LogP contribution is 2.31. The Morgan fingerprint density at radius 2 is 2.23 bits per heavy atom. The summed E-state index contributed by atoms with van der Waals surface area (Å²) in [6, 6.07) is 7.57. The molecule has 0 radical (unpaired) electrons. The van der Waals surface area contributed by atoms with Gasteiger partial charge in [0, 0.05) is 18.0 Å². The number of carbonyl (C=O) groups excluding carboxylic acids is 1. The van der Waals surface area contributed by atoms with Gasteiger partial charge in [0.1, 0.15) is 21.7 Å². The number of hydrogen-bond donors (Lipinski definition) is 1. The Kier molecular flexibility index (Phi) is 7.43. The van der Waals surface area contributed by atoms with E-state index < -0.39 is 0 Å². The van der Waals surface area contributed by atoms with E-state index in [1.54, 1.807) is 12.1 Å². The molecular weight excluding hydrogens is 370 g/mol. The quantitative estimate of drug-likeness (QED) is 0.535. The summed E-state index contributed by atoms with van der Waals surface area (Å²) in [5.41, 5.74) is 1.93. The fraction of sp³-hybridized carbons (Fsp3) is 0.421. The van der Waals surface area contributed by atoms with Crippen LogP contribution in [-0.2, 0) is 0 Å². The molecule has 7 heteroatoms. The molecule has 0 unspecified atom stereocenters. The molecule has 138 valence electrons. The molecule has 1 N–H and O–H groups in total. The number of benzene rings is 1. The lowest BCUT2D eigenvalue weighted by molar-refractivity contribution is 0.0957. The minimum absolute atomic E-state index is 0.145. The number of rotatable bonds is 8. The zero-order valence-electron chi connectivity index (χ0n) is 15.1. The molecule has 0 atom stereocenters. The van der Waals surface area contributed by atoms with Gasteiger partial charge in [0.25, 0.3) is 5.91 Å².